The molecule has 2 saturated heterocycles. The molecule has 3 rings (SSSR count). The Kier molecular flexibility index (Phi) is 4.02. The van der Waals surface area contributed by atoms with Crippen LogP contribution in [0.5, 0.6) is 0 Å². The van der Waals surface area contributed by atoms with E-state index in [9.17, 15) is 0 Å². The molecule has 20 heavy (non-hydrogen) atoms. The first-order valence-corrected chi connectivity index (χ1v) is 6.72. The van der Waals surface area contributed by atoms with Crippen molar-refractivity contribution in [2.75, 3.05) is 13.7 Å². The smallest absolute Gasteiger partial charge is 0.184 e. The molecular formula is C14H20N2O4. The Labute approximate surface area is 117 Å². The van der Waals surface area contributed by atoms with Gasteiger partial charge in [0.15, 0.2) is 12.6 Å². The summed E-state index contributed by atoms with van der Waals surface area (Å²) < 4.78 is 22.6. The molecule has 1 aromatic carbocycles. The molecule has 0 unspecified atom stereocenters. The fourth-order valence-electron chi connectivity index (χ4n) is 2.66. The van der Waals surface area contributed by atoms with Gasteiger partial charge in [0.2, 0.25) is 0 Å². The molecule has 0 saturated carbocycles. The Morgan fingerprint density at radius 1 is 1.10 bits per heavy atom. The lowest BCUT2D eigenvalue weighted by molar-refractivity contribution is -0.321. The maximum Gasteiger partial charge on any atom is 0.184 e. The Bertz CT molecular complexity index is 442. The second-order valence-electron chi connectivity index (χ2n) is 5.11. The third-order valence-corrected chi connectivity index (χ3v) is 3.81. The summed E-state index contributed by atoms with van der Waals surface area (Å²) in [4.78, 5) is 0. The van der Waals surface area contributed by atoms with Gasteiger partial charge in [-0.1, -0.05) is 30.3 Å². The lowest BCUT2D eigenvalue weighted by Crippen LogP contribution is -2.67. The molecule has 2 fully saturated rings. The predicted octanol–water partition coefficient (Wildman–Crippen LogP) is 0.127. The van der Waals surface area contributed by atoms with Gasteiger partial charge in [-0.15, -0.1) is 0 Å². The number of methoxy groups -OCH3 is 1. The summed E-state index contributed by atoms with van der Waals surface area (Å²) in [5.74, 6) is 0. The zero-order chi connectivity index (χ0) is 14.1. The van der Waals surface area contributed by atoms with Crippen molar-refractivity contribution < 1.29 is 18.9 Å². The predicted molar refractivity (Wildman–Crippen MR) is 71.6 cm³/mol. The van der Waals surface area contributed by atoms with E-state index in [2.05, 4.69) is 0 Å². The highest BCUT2D eigenvalue weighted by Crippen LogP contribution is 2.32. The van der Waals surface area contributed by atoms with Crippen LogP contribution in [0.1, 0.15) is 11.9 Å². The van der Waals surface area contributed by atoms with E-state index < -0.39 is 18.6 Å². The minimum atomic E-state index is -0.522. The molecule has 6 atom stereocenters. The average molecular weight is 280 g/mol. The summed E-state index contributed by atoms with van der Waals surface area (Å²) in [5, 5.41) is 0. The largest absolute Gasteiger partial charge is 0.354 e. The van der Waals surface area contributed by atoms with Crippen LogP contribution in [0.25, 0.3) is 0 Å². The zero-order valence-electron chi connectivity index (χ0n) is 11.3. The van der Waals surface area contributed by atoms with Crippen molar-refractivity contribution in [1.29, 1.82) is 0 Å². The first-order chi connectivity index (χ1) is 9.70. The first-order valence-electron chi connectivity index (χ1n) is 6.72. The number of fused-ring (bicyclic) bond motifs is 1. The normalized spacial score (nSPS) is 41.1. The van der Waals surface area contributed by atoms with E-state index in [1.165, 1.54) is 0 Å². The fourth-order valence-corrected chi connectivity index (χ4v) is 2.66. The molecule has 0 bridgehead atoms. The van der Waals surface area contributed by atoms with Gasteiger partial charge in [-0.3, -0.25) is 0 Å². The van der Waals surface area contributed by atoms with Crippen LogP contribution in [0.2, 0.25) is 0 Å². The number of rotatable bonds is 2. The van der Waals surface area contributed by atoms with Crippen molar-refractivity contribution in [3.63, 3.8) is 0 Å². The van der Waals surface area contributed by atoms with Gasteiger partial charge in [0.1, 0.15) is 12.2 Å². The molecule has 4 N–H and O–H groups in total. The van der Waals surface area contributed by atoms with Crippen molar-refractivity contribution >= 4 is 0 Å². The van der Waals surface area contributed by atoms with Crippen LogP contribution in [0.3, 0.4) is 0 Å². The van der Waals surface area contributed by atoms with Crippen LogP contribution in [0.15, 0.2) is 30.3 Å². The monoisotopic (exact) mass is 280 g/mol. The molecule has 2 aliphatic heterocycles. The number of benzene rings is 1. The van der Waals surface area contributed by atoms with Crippen molar-refractivity contribution in [3.05, 3.63) is 35.9 Å². The van der Waals surface area contributed by atoms with E-state index in [0.29, 0.717) is 6.61 Å². The Balaban J connectivity index is 1.74. The maximum absolute atomic E-state index is 6.17. The van der Waals surface area contributed by atoms with E-state index in [1.54, 1.807) is 7.11 Å². The molecule has 0 amide bonds. The summed E-state index contributed by atoms with van der Waals surface area (Å²) in [6.45, 7) is 0.407. The molecule has 2 aliphatic rings. The highest BCUT2D eigenvalue weighted by atomic mass is 16.7. The highest BCUT2D eigenvalue weighted by Gasteiger charge is 2.47. The topological polar surface area (TPSA) is 89.0 Å². The van der Waals surface area contributed by atoms with Gasteiger partial charge < -0.3 is 30.4 Å². The quantitative estimate of drug-likeness (QED) is 0.800. The summed E-state index contributed by atoms with van der Waals surface area (Å²) in [5.41, 5.74) is 13.2. The number of hydrogen-bond donors (Lipinski definition) is 2. The van der Waals surface area contributed by atoms with Gasteiger partial charge in [-0.05, 0) is 0 Å². The van der Waals surface area contributed by atoms with E-state index in [1.807, 2.05) is 30.3 Å². The number of hydrogen-bond acceptors (Lipinski definition) is 6. The van der Waals surface area contributed by atoms with E-state index in [-0.39, 0.29) is 18.2 Å². The number of nitrogens with two attached hydrogens (primary N) is 2. The van der Waals surface area contributed by atoms with Gasteiger partial charge >= 0.3 is 0 Å². The maximum atomic E-state index is 6.17. The minimum Gasteiger partial charge on any atom is -0.354 e. The molecule has 0 spiro atoms. The fraction of sp³-hybridized carbons (Fsp3) is 0.571. The third kappa shape index (κ3) is 2.46. The van der Waals surface area contributed by atoms with E-state index in [0.717, 1.165) is 5.56 Å². The second-order valence-corrected chi connectivity index (χ2v) is 5.11. The first kappa shape index (κ1) is 13.9. The molecule has 6 nitrogen and oxygen atoms in total. The molecule has 0 radical (unpaired) electrons. The molecule has 0 aliphatic carbocycles. The lowest BCUT2D eigenvalue weighted by Gasteiger charge is -2.47. The van der Waals surface area contributed by atoms with E-state index in [4.69, 9.17) is 30.4 Å². The van der Waals surface area contributed by atoms with Crippen molar-refractivity contribution in [1.82, 2.24) is 0 Å². The van der Waals surface area contributed by atoms with Gasteiger partial charge in [-0.2, -0.15) is 0 Å². The van der Waals surface area contributed by atoms with Crippen LogP contribution in [-0.4, -0.2) is 44.3 Å². The summed E-state index contributed by atoms with van der Waals surface area (Å²) in [6, 6.07) is 8.97. The van der Waals surface area contributed by atoms with Crippen LogP contribution in [0, 0.1) is 0 Å². The second kappa shape index (κ2) is 5.77. The standard InChI is InChI=1S/C14H20N2O4/c1-17-14-11(16)10(15)12-9(19-14)7-18-13(20-12)8-5-3-2-4-6-8/h2-6,9-14H,7,15-16H2,1H3/t9-,10-,11+,12+,13-,14-/m0/s1. The lowest BCUT2D eigenvalue weighted by atomic mass is 9.94. The molecule has 2 heterocycles. The van der Waals surface area contributed by atoms with Crippen LogP contribution in [-0.2, 0) is 18.9 Å². The highest BCUT2D eigenvalue weighted by molar-refractivity contribution is 5.16. The van der Waals surface area contributed by atoms with Gasteiger partial charge in [0.05, 0.1) is 18.7 Å². The SMILES string of the molecule is CO[C@H]1O[C@H]2CO[C@H](c3ccccc3)O[C@H]2[C@@H](N)[C@H]1N. The number of ether oxygens (including phenoxy) is 4. The van der Waals surface area contributed by atoms with Gasteiger partial charge in [0.25, 0.3) is 0 Å². The zero-order valence-corrected chi connectivity index (χ0v) is 11.3. The van der Waals surface area contributed by atoms with Crippen molar-refractivity contribution in [2.45, 2.75) is 36.9 Å². The van der Waals surface area contributed by atoms with Crippen molar-refractivity contribution in [2.24, 2.45) is 11.5 Å². The average Bonchev–Trinajstić information content (AvgIpc) is 2.51. The van der Waals surface area contributed by atoms with Gasteiger partial charge in [-0.25, -0.2) is 0 Å². The van der Waals surface area contributed by atoms with Crippen LogP contribution < -0.4 is 11.5 Å². The molecule has 1 aromatic rings. The molecule has 110 valence electrons. The summed E-state index contributed by atoms with van der Waals surface area (Å²) in [7, 11) is 1.55. The molecule has 6 heteroatoms. The summed E-state index contributed by atoms with van der Waals surface area (Å²) in [6.07, 6.45) is -1.50. The Hall–Kier alpha value is -1.02. The Morgan fingerprint density at radius 2 is 1.85 bits per heavy atom. The Morgan fingerprint density at radius 3 is 2.55 bits per heavy atom. The van der Waals surface area contributed by atoms with Gasteiger partial charge in [0, 0.05) is 12.7 Å². The van der Waals surface area contributed by atoms with Crippen LogP contribution in [0.4, 0.5) is 0 Å². The summed E-state index contributed by atoms with van der Waals surface area (Å²) >= 11 is 0. The van der Waals surface area contributed by atoms with Crippen LogP contribution >= 0.6 is 0 Å². The minimum absolute atomic E-state index is 0.255. The molecular weight excluding hydrogens is 260 g/mol. The van der Waals surface area contributed by atoms with E-state index >= 15 is 0 Å². The van der Waals surface area contributed by atoms with Crippen molar-refractivity contribution in [3.8, 4) is 0 Å². The molecule has 0 aromatic heterocycles. The third-order valence-electron chi connectivity index (χ3n) is 3.81.